The average Bonchev–Trinajstić information content (AvgIpc) is 2.68. The maximum Gasteiger partial charge on any atom is 1.00 e. The van der Waals surface area contributed by atoms with E-state index in [1.165, 1.54) is 0 Å². The van der Waals surface area contributed by atoms with Gasteiger partial charge in [0.15, 0.2) is 0 Å². The molecule has 10 heteroatoms. The second-order valence-corrected chi connectivity index (χ2v) is 8.31. The first-order chi connectivity index (χ1) is 13.9. The molecule has 1 unspecified atom stereocenters. The van der Waals surface area contributed by atoms with Gasteiger partial charge in [0.05, 0.1) is 27.1 Å². The molecular formula is C21H34NNa2O6P. The molecule has 7 nitrogen and oxygen atoms in total. The molecule has 1 N–H and O–H groups in total. The largest absolute Gasteiger partial charge is 1.00 e. The summed E-state index contributed by atoms with van der Waals surface area (Å²) in [4.78, 5) is 34.1. The molecule has 0 aliphatic rings. The molecule has 1 aromatic rings. The Morgan fingerprint density at radius 3 is 2.32 bits per heavy atom. The fourth-order valence-electron chi connectivity index (χ4n) is 2.91. The van der Waals surface area contributed by atoms with Gasteiger partial charge in [-0.25, -0.2) is 0 Å². The van der Waals surface area contributed by atoms with Crippen molar-refractivity contribution in [3.05, 3.63) is 29.8 Å². The number of phosphoric acid groups is 1. The van der Waals surface area contributed by atoms with E-state index in [-0.39, 0.29) is 65.0 Å². The van der Waals surface area contributed by atoms with Crippen LogP contribution in [0.4, 0.5) is 0 Å². The molecule has 0 spiro atoms. The molecule has 0 heterocycles. The van der Waals surface area contributed by atoms with Gasteiger partial charge < -0.3 is 28.9 Å². The molecule has 0 radical (unpaired) electrons. The topological polar surface area (TPSA) is 111 Å². The van der Waals surface area contributed by atoms with Crippen LogP contribution in [0.1, 0.15) is 83.2 Å². The SMILES string of the molecule is CCCCCCCC(=O)NC(COP(=O)([O-])[O-])c1cccc(OCCCCC)c1.[Na+].[Na+]. The summed E-state index contributed by atoms with van der Waals surface area (Å²) >= 11 is 0. The summed E-state index contributed by atoms with van der Waals surface area (Å²) < 4.78 is 21.1. The number of rotatable bonds is 16. The second-order valence-electron chi connectivity index (χ2n) is 7.16. The van der Waals surface area contributed by atoms with Crippen LogP contribution in [0.2, 0.25) is 0 Å². The molecule has 0 bridgehead atoms. The molecule has 166 valence electrons. The second kappa shape index (κ2) is 20.0. The van der Waals surface area contributed by atoms with Crippen LogP contribution in [0.5, 0.6) is 5.75 Å². The summed E-state index contributed by atoms with van der Waals surface area (Å²) in [5, 5.41) is 2.78. The summed E-state index contributed by atoms with van der Waals surface area (Å²) in [6.45, 7) is 4.39. The summed E-state index contributed by atoms with van der Waals surface area (Å²) in [6, 6.07) is 6.31. The third-order valence-corrected chi connectivity index (χ3v) is 4.98. The van der Waals surface area contributed by atoms with E-state index < -0.39 is 20.5 Å². The Bertz CT molecular complexity index is 644. The number of phosphoric ester groups is 1. The molecule has 0 aliphatic carbocycles. The first-order valence-electron chi connectivity index (χ1n) is 10.5. The van der Waals surface area contributed by atoms with Crippen LogP contribution in [0.3, 0.4) is 0 Å². The summed E-state index contributed by atoms with van der Waals surface area (Å²) in [7, 11) is -5.14. The van der Waals surface area contributed by atoms with Crippen LogP contribution in [0.25, 0.3) is 0 Å². The third kappa shape index (κ3) is 17.7. The quantitative estimate of drug-likeness (QED) is 0.163. The van der Waals surface area contributed by atoms with Crippen LogP contribution in [-0.2, 0) is 13.9 Å². The zero-order valence-electron chi connectivity index (χ0n) is 19.6. The van der Waals surface area contributed by atoms with Gasteiger partial charge in [-0.2, -0.15) is 0 Å². The standard InChI is InChI=1S/C21H36NO6P.2Na/c1-3-5-7-8-9-14-21(23)22-20(17-28-29(24,25)26)18-12-11-13-19(16-18)27-15-10-6-4-2;;/h11-13,16,20H,3-10,14-15,17H2,1-2H3,(H,22,23)(H2,24,25,26);;/q;2*+1/p-2. The van der Waals surface area contributed by atoms with Crippen molar-refractivity contribution in [1.29, 1.82) is 0 Å². The molecule has 0 aliphatic heterocycles. The minimum Gasteiger partial charge on any atom is -0.790 e. The number of unbranched alkanes of at least 4 members (excludes halogenated alkanes) is 6. The van der Waals surface area contributed by atoms with Crippen molar-refractivity contribution < 1.29 is 87.5 Å². The fourth-order valence-corrected chi connectivity index (χ4v) is 3.24. The molecule has 0 saturated carbocycles. The molecule has 1 atom stereocenters. The zero-order valence-corrected chi connectivity index (χ0v) is 24.5. The van der Waals surface area contributed by atoms with Gasteiger partial charge in [-0.3, -0.25) is 4.79 Å². The zero-order chi connectivity index (χ0) is 21.5. The number of carbonyl (C=O) groups is 1. The van der Waals surface area contributed by atoms with Gasteiger partial charge in [-0.05, 0) is 30.5 Å². The molecule has 0 aromatic heterocycles. The van der Waals surface area contributed by atoms with E-state index in [2.05, 4.69) is 23.7 Å². The van der Waals surface area contributed by atoms with E-state index in [0.717, 1.165) is 51.4 Å². The Morgan fingerprint density at radius 2 is 1.68 bits per heavy atom. The van der Waals surface area contributed by atoms with Gasteiger partial charge >= 0.3 is 59.1 Å². The molecule has 1 amide bonds. The van der Waals surface area contributed by atoms with E-state index in [1.54, 1.807) is 24.3 Å². The maximum atomic E-state index is 12.3. The molecule has 1 rings (SSSR count). The van der Waals surface area contributed by atoms with E-state index in [0.29, 0.717) is 24.3 Å². The number of carbonyl (C=O) groups excluding carboxylic acids is 1. The van der Waals surface area contributed by atoms with E-state index >= 15 is 0 Å². The van der Waals surface area contributed by atoms with Crippen LogP contribution in [0.15, 0.2) is 24.3 Å². The van der Waals surface area contributed by atoms with Crippen molar-refractivity contribution in [2.24, 2.45) is 0 Å². The monoisotopic (exact) mass is 473 g/mol. The third-order valence-electron chi connectivity index (χ3n) is 4.52. The maximum absolute atomic E-state index is 12.3. The van der Waals surface area contributed by atoms with Gasteiger partial charge in [-0.1, -0.05) is 64.5 Å². The number of ether oxygens (including phenoxy) is 1. The van der Waals surface area contributed by atoms with E-state index in [4.69, 9.17) is 4.74 Å². The van der Waals surface area contributed by atoms with Crippen molar-refractivity contribution in [3.63, 3.8) is 0 Å². The predicted octanol–water partition coefficient (Wildman–Crippen LogP) is -2.37. The average molecular weight is 473 g/mol. The number of hydrogen-bond acceptors (Lipinski definition) is 6. The minimum absolute atomic E-state index is 0. The van der Waals surface area contributed by atoms with Gasteiger partial charge in [0, 0.05) is 6.42 Å². The summed E-state index contributed by atoms with van der Waals surface area (Å²) in [5.74, 6) is 0.431. The normalized spacial score (nSPS) is 11.7. The van der Waals surface area contributed by atoms with Crippen molar-refractivity contribution in [2.75, 3.05) is 13.2 Å². The van der Waals surface area contributed by atoms with Crippen LogP contribution < -0.4 is 79.0 Å². The first kappa shape index (κ1) is 33.8. The Kier molecular flexibility index (Phi) is 21.8. The number of benzene rings is 1. The number of nitrogens with one attached hydrogen (secondary N) is 1. The van der Waals surface area contributed by atoms with Crippen molar-refractivity contribution in [1.82, 2.24) is 5.32 Å². The first-order valence-corrected chi connectivity index (χ1v) is 12.0. The van der Waals surface area contributed by atoms with Crippen molar-refractivity contribution in [2.45, 2.75) is 77.7 Å². The smallest absolute Gasteiger partial charge is 0.790 e. The Balaban J connectivity index is 0. The number of hydrogen-bond donors (Lipinski definition) is 1. The van der Waals surface area contributed by atoms with Crippen molar-refractivity contribution >= 4 is 13.7 Å². The summed E-state index contributed by atoms with van der Waals surface area (Å²) in [5.41, 5.74) is 0.630. The summed E-state index contributed by atoms with van der Waals surface area (Å²) in [6.07, 6.45) is 8.56. The minimum atomic E-state index is -5.14. The fraction of sp³-hybridized carbons (Fsp3) is 0.667. The Labute approximate surface area is 231 Å². The Hall–Kier alpha value is 0.600. The van der Waals surface area contributed by atoms with Crippen LogP contribution in [-0.4, -0.2) is 19.1 Å². The van der Waals surface area contributed by atoms with Crippen molar-refractivity contribution in [3.8, 4) is 5.75 Å². The molecular weight excluding hydrogens is 439 g/mol. The molecule has 1 aromatic carbocycles. The Morgan fingerprint density at radius 1 is 1.03 bits per heavy atom. The van der Waals surface area contributed by atoms with Crippen LogP contribution >= 0.6 is 7.82 Å². The number of amides is 1. The molecule has 0 saturated heterocycles. The van der Waals surface area contributed by atoms with Gasteiger partial charge in [-0.15, -0.1) is 0 Å². The van der Waals surface area contributed by atoms with E-state index in [1.807, 2.05) is 0 Å². The van der Waals surface area contributed by atoms with Gasteiger partial charge in [0.25, 0.3) is 0 Å². The van der Waals surface area contributed by atoms with Gasteiger partial charge in [0.1, 0.15) is 5.75 Å². The van der Waals surface area contributed by atoms with Gasteiger partial charge in [0.2, 0.25) is 5.91 Å². The predicted molar refractivity (Wildman–Crippen MR) is 109 cm³/mol. The van der Waals surface area contributed by atoms with Crippen LogP contribution in [0, 0.1) is 0 Å². The van der Waals surface area contributed by atoms with E-state index in [9.17, 15) is 19.1 Å². The molecule has 0 fully saturated rings. The molecule has 31 heavy (non-hydrogen) atoms.